The van der Waals surface area contributed by atoms with E-state index in [1.807, 2.05) is 12.1 Å². The van der Waals surface area contributed by atoms with Crippen LogP contribution in [-0.2, 0) is 0 Å². The van der Waals surface area contributed by atoms with Gasteiger partial charge in [0.1, 0.15) is 0 Å². The fourth-order valence-electron chi connectivity index (χ4n) is 1.62. The van der Waals surface area contributed by atoms with Gasteiger partial charge in [-0.25, -0.2) is 0 Å². The zero-order chi connectivity index (χ0) is 8.93. The highest BCUT2D eigenvalue weighted by Gasteiger charge is 2.11. The van der Waals surface area contributed by atoms with E-state index in [0.717, 1.165) is 12.2 Å². The Morgan fingerprint density at radius 3 is 3.38 bits per heavy atom. The van der Waals surface area contributed by atoms with Crippen molar-refractivity contribution in [2.75, 3.05) is 6.54 Å². The Labute approximate surface area is 77.8 Å². The molecule has 1 atom stereocenters. The van der Waals surface area contributed by atoms with Gasteiger partial charge in [-0.15, -0.1) is 0 Å². The molecule has 0 aliphatic carbocycles. The van der Waals surface area contributed by atoms with E-state index in [1.54, 1.807) is 6.20 Å². The predicted molar refractivity (Wildman–Crippen MR) is 51.2 cm³/mol. The van der Waals surface area contributed by atoms with Crippen molar-refractivity contribution in [1.82, 2.24) is 10.5 Å². The van der Waals surface area contributed by atoms with Gasteiger partial charge in [-0.1, -0.05) is 11.2 Å². The maximum absolute atomic E-state index is 4.94. The molecule has 0 unspecified atom stereocenters. The quantitative estimate of drug-likeness (QED) is 0.767. The van der Waals surface area contributed by atoms with E-state index >= 15 is 0 Å². The maximum Gasteiger partial charge on any atom is 0.159 e. The van der Waals surface area contributed by atoms with Gasteiger partial charge >= 0.3 is 0 Å². The summed E-state index contributed by atoms with van der Waals surface area (Å²) in [6, 6.07) is 2.53. The smallest absolute Gasteiger partial charge is 0.159 e. The first-order valence-electron chi connectivity index (χ1n) is 4.76. The molecule has 1 fully saturated rings. The summed E-state index contributed by atoms with van der Waals surface area (Å²) in [6.07, 6.45) is 9.46. The number of nitrogens with zero attached hydrogens (tertiary/aromatic N) is 1. The average Bonchev–Trinajstić information content (AvgIpc) is 2.75. The number of nitrogens with one attached hydrogen (secondary N) is 1. The third-order valence-corrected chi connectivity index (χ3v) is 2.32. The van der Waals surface area contributed by atoms with Crippen LogP contribution in [0.25, 0.3) is 6.08 Å². The molecule has 0 aromatic carbocycles. The summed E-state index contributed by atoms with van der Waals surface area (Å²) in [5, 5.41) is 7.07. The molecule has 1 saturated heterocycles. The molecule has 2 heterocycles. The van der Waals surface area contributed by atoms with Crippen LogP contribution >= 0.6 is 0 Å². The van der Waals surface area contributed by atoms with Crippen LogP contribution in [0, 0.1) is 0 Å². The molecule has 1 N–H and O–H groups in total. The second kappa shape index (κ2) is 4.23. The van der Waals surface area contributed by atoms with Crippen molar-refractivity contribution in [1.29, 1.82) is 0 Å². The Morgan fingerprint density at radius 1 is 1.69 bits per heavy atom. The largest absolute Gasteiger partial charge is 0.357 e. The van der Waals surface area contributed by atoms with Crippen LogP contribution in [-0.4, -0.2) is 17.7 Å². The Morgan fingerprint density at radius 2 is 2.69 bits per heavy atom. The van der Waals surface area contributed by atoms with Crippen molar-refractivity contribution in [2.45, 2.75) is 25.3 Å². The van der Waals surface area contributed by atoms with Gasteiger partial charge in [0, 0.05) is 12.1 Å². The summed E-state index contributed by atoms with van der Waals surface area (Å²) in [5.41, 5.74) is 0. The number of aromatic nitrogens is 1. The summed E-state index contributed by atoms with van der Waals surface area (Å²) >= 11 is 0. The fraction of sp³-hybridized carbons (Fsp3) is 0.500. The van der Waals surface area contributed by atoms with Crippen LogP contribution in [0.4, 0.5) is 0 Å². The van der Waals surface area contributed by atoms with Gasteiger partial charge in [-0.3, -0.25) is 0 Å². The van der Waals surface area contributed by atoms with Crippen molar-refractivity contribution >= 4 is 6.08 Å². The molecule has 0 spiro atoms. The van der Waals surface area contributed by atoms with E-state index in [0.29, 0.717) is 6.04 Å². The molecule has 70 valence electrons. The second-order valence-electron chi connectivity index (χ2n) is 3.35. The lowest BCUT2D eigenvalue weighted by atomic mass is 10.1. The lowest BCUT2D eigenvalue weighted by molar-refractivity contribution is 0.412. The summed E-state index contributed by atoms with van der Waals surface area (Å²) in [5.74, 6) is 0.831. The SMILES string of the molecule is C(=C\c1ccno1)/C[C@@H]1CCCN1. The summed E-state index contributed by atoms with van der Waals surface area (Å²) < 4.78 is 4.94. The lowest BCUT2D eigenvalue weighted by Crippen LogP contribution is -2.19. The van der Waals surface area contributed by atoms with Crippen LogP contribution in [0.5, 0.6) is 0 Å². The number of hydrogen-bond acceptors (Lipinski definition) is 3. The van der Waals surface area contributed by atoms with Gasteiger partial charge in [-0.05, 0) is 31.9 Å². The van der Waals surface area contributed by atoms with Crippen LogP contribution in [0.3, 0.4) is 0 Å². The molecule has 1 aromatic heterocycles. The average molecular weight is 178 g/mol. The fourth-order valence-corrected chi connectivity index (χ4v) is 1.62. The van der Waals surface area contributed by atoms with E-state index in [-0.39, 0.29) is 0 Å². The van der Waals surface area contributed by atoms with E-state index in [9.17, 15) is 0 Å². The van der Waals surface area contributed by atoms with Gasteiger partial charge < -0.3 is 9.84 Å². The Hall–Kier alpha value is -1.09. The maximum atomic E-state index is 4.94. The van der Waals surface area contributed by atoms with Crippen molar-refractivity contribution in [2.24, 2.45) is 0 Å². The van der Waals surface area contributed by atoms with E-state index < -0.39 is 0 Å². The zero-order valence-electron chi connectivity index (χ0n) is 7.57. The van der Waals surface area contributed by atoms with E-state index in [1.165, 1.54) is 19.4 Å². The topological polar surface area (TPSA) is 38.1 Å². The molecule has 1 aliphatic heterocycles. The van der Waals surface area contributed by atoms with E-state index in [4.69, 9.17) is 4.52 Å². The molecule has 0 amide bonds. The molecule has 1 aromatic rings. The number of rotatable bonds is 3. The molecule has 0 saturated carbocycles. The first-order chi connectivity index (χ1) is 6.45. The van der Waals surface area contributed by atoms with Crippen molar-refractivity contribution in [3.8, 4) is 0 Å². The normalized spacial score (nSPS) is 22.9. The summed E-state index contributed by atoms with van der Waals surface area (Å²) in [4.78, 5) is 0. The minimum Gasteiger partial charge on any atom is -0.357 e. The van der Waals surface area contributed by atoms with Crippen LogP contribution < -0.4 is 5.32 Å². The molecule has 0 radical (unpaired) electrons. The highest BCUT2D eigenvalue weighted by atomic mass is 16.5. The molecular formula is C10H14N2O. The molecule has 3 nitrogen and oxygen atoms in total. The van der Waals surface area contributed by atoms with Crippen molar-refractivity contribution in [3.63, 3.8) is 0 Å². The minimum absolute atomic E-state index is 0.666. The summed E-state index contributed by atoms with van der Waals surface area (Å²) in [7, 11) is 0. The van der Waals surface area contributed by atoms with Gasteiger partial charge in [0.2, 0.25) is 0 Å². The second-order valence-corrected chi connectivity index (χ2v) is 3.35. The van der Waals surface area contributed by atoms with Crippen LogP contribution in [0.1, 0.15) is 25.0 Å². The Kier molecular flexibility index (Phi) is 2.77. The summed E-state index contributed by atoms with van der Waals surface area (Å²) in [6.45, 7) is 1.17. The van der Waals surface area contributed by atoms with Crippen LogP contribution in [0.2, 0.25) is 0 Å². The monoisotopic (exact) mass is 178 g/mol. The van der Waals surface area contributed by atoms with Crippen molar-refractivity contribution in [3.05, 3.63) is 24.1 Å². The Balaban J connectivity index is 1.78. The molecule has 2 rings (SSSR count). The third kappa shape index (κ3) is 2.42. The standard InChI is InChI=1S/C10H14N2O/c1(3-9-4-2-7-11-9)5-10-6-8-12-13-10/h1,5-6,8-9,11H,2-4,7H2/b5-1+/t9-/m1/s1. The minimum atomic E-state index is 0.666. The highest BCUT2D eigenvalue weighted by molar-refractivity contribution is 5.41. The van der Waals surface area contributed by atoms with Gasteiger partial charge in [0.05, 0.1) is 6.20 Å². The third-order valence-electron chi connectivity index (χ3n) is 2.32. The molecule has 0 bridgehead atoms. The number of hydrogen-bond donors (Lipinski definition) is 1. The van der Waals surface area contributed by atoms with E-state index in [2.05, 4.69) is 16.5 Å². The highest BCUT2D eigenvalue weighted by Crippen LogP contribution is 2.10. The molecule has 3 heteroatoms. The lowest BCUT2D eigenvalue weighted by Gasteiger charge is -2.04. The molecule has 13 heavy (non-hydrogen) atoms. The van der Waals surface area contributed by atoms with Crippen LogP contribution in [0.15, 0.2) is 22.9 Å². The molecule has 1 aliphatic rings. The van der Waals surface area contributed by atoms with Gasteiger partial charge in [0.25, 0.3) is 0 Å². The van der Waals surface area contributed by atoms with Gasteiger partial charge in [-0.2, -0.15) is 0 Å². The first-order valence-corrected chi connectivity index (χ1v) is 4.76. The molecular weight excluding hydrogens is 164 g/mol. The van der Waals surface area contributed by atoms with Crippen molar-refractivity contribution < 1.29 is 4.52 Å². The van der Waals surface area contributed by atoms with Gasteiger partial charge in [0.15, 0.2) is 5.76 Å². The first kappa shape index (κ1) is 8.51. The zero-order valence-corrected chi connectivity index (χ0v) is 7.57. The Bertz CT molecular complexity index is 260. The predicted octanol–water partition coefficient (Wildman–Crippen LogP) is 1.83.